The van der Waals surface area contributed by atoms with Gasteiger partial charge in [0, 0.05) is 25.1 Å². The van der Waals surface area contributed by atoms with E-state index < -0.39 is 0 Å². The van der Waals surface area contributed by atoms with Crippen molar-refractivity contribution in [1.82, 2.24) is 14.5 Å². The fourth-order valence-electron chi connectivity index (χ4n) is 3.36. The molecule has 0 spiro atoms. The zero-order valence-electron chi connectivity index (χ0n) is 17.2. The van der Waals surface area contributed by atoms with E-state index in [1.165, 1.54) is 0 Å². The number of fused-ring (bicyclic) bond motifs is 1. The Morgan fingerprint density at radius 1 is 1.18 bits per heavy atom. The second-order valence-corrected chi connectivity index (χ2v) is 7.06. The van der Waals surface area contributed by atoms with Gasteiger partial charge in [-0.15, -0.1) is 0 Å². The predicted octanol–water partition coefficient (Wildman–Crippen LogP) is 4.41. The van der Waals surface area contributed by atoms with Crippen molar-refractivity contribution in [3.05, 3.63) is 53.0 Å². The standard InChI is InChI=1S/C22H29N5O/c1-5-10-19-25-20-21(15(2)16(3)24-22(20)23)27(19)13-9-14-28-26-17(4)18-11-7-6-8-12-18/h6-8,11-12H,5,9-10,13-14H2,1-4H3,(H2,23,24)/b26-17-. The summed E-state index contributed by atoms with van der Waals surface area (Å²) < 4.78 is 2.27. The molecule has 0 aliphatic carbocycles. The van der Waals surface area contributed by atoms with Crippen LogP contribution in [0.1, 0.15) is 49.3 Å². The average molecular weight is 380 g/mol. The molecule has 0 saturated heterocycles. The first-order chi connectivity index (χ1) is 13.5. The van der Waals surface area contributed by atoms with Crippen molar-refractivity contribution in [3.63, 3.8) is 0 Å². The summed E-state index contributed by atoms with van der Waals surface area (Å²) in [5, 5.41) is 4.24. The lowest BCUT2D eigenvalue weighted by Crippen LogP contribution is -2.08. The molecule has 0 aliphatic rings. The molecule has 3 rings (SSSR count). The Bertz CT molecular complexity index is 976. The molecule has 0 unspecified atom stereocenters. The minimum atomic E-state index is 0.508. The Kier molecular flexibility index (Phi) is 6.29. The summed E-state index contributed by atoms with van der Waals surface area (Å²) in [5.74, 6) is 1.57. The molecule has 0 radical (unpaired) electrons. The smallest absolute Gasteiger partial charge is 0.151 e. The van der Waals surface area contributed by atoms with Crippen LogP contribution in [0.4, 0.5) is 5.82 Å². The van der Waals surface area contributed by atoms with Gasteiger partial charge in [-0.1, -0.05) is 42.4 Å². The fraction of sp³-hybridized carbons (Fsp3) is 0.409. The van der Waals surface area contributed by atoms with Gasteiger partial charge in [-0.25, -0.2) is 9.97 Å². The Hall–Kier alpha value is -2.89. The molecule has 0 bridgehead atoms. The van der Waals surface area contributed by atoms with Crippen LogP contribution in [0.5, 0.6) is 0 Å². The molecule has 6 nitrogen and oxygen atoms in total. The minimum Gasteiger partial charge on any atom is -0.396 e. The summed E-state index contributed by atoms with van der Waals surface area (Å²) in [6.45, 7) is 9.56. The van der Waals surface area contributed by atoms with Crippen LogP contribution in [0.2, 0.25) is 0 Å². The molecule has 0 aliphatic heterocycles. The summed E-state index contributed by atoms with van der Waals surface area (Å²) >= 11 is 0. The third-order valence-electron chi connectivity index (χ3n) is 4.96. The van der Waals surface area contributed by atoms with E-state index in [2.05, 4.69) is 28.6 Å². The molecule has 2 heterocycles. The SMILES string of the molecule is CCCc1nc2c(N)nc(C)c(C)c2n1CCCO/N=C(/C)c1ccccc1. The molecule has 2 aromatic heterocycles. The maximum absolute atomic E-state index is 6.14. The van der Waals surface area contributed by atoms with E-state index in [0.717, 1.165) is 65.2 Å². The van der Waals surface area contributed by atoms with E-state index >= 15 is 0 Å². The zero-order chi connectivity index (χ0) is 20.1. The van der Waals surface area contributed by atoms with Crippen molar-refractivity contribution in [2.75, 3.05) is 12.3 Å². The molecule has 6 heteroatoms. The number of nitrogens with two attached hydrogens (primary N) is 1. The summed E-state index contributed by atoms with van der Waals surface area (Å²) in [5.41, 5.74) is 12.1. The molecule has 0 fully saturated rings. The number of nitrogen functional groups attached to an aromatic ring is 1. The van der Waals surface area contributed by atoms with Crippen molar-refractivity contribution >= 4 is 22.6 Å². The van der Waals surface area contributed by atoms with E-state index in [4.69, 9.17) is 15.6 Å². The predicted molar refractivity (Wildman–Crippen MR) is 115 cm³/mol. The van der Waals surface area contributed by atoms with Crippen LogP contribution >= 0.6 is 0 Å². The lowest BCUT2D eigenvalue weighted by molar-refractivity contribution is 0.138. The van der Waals surface area contributed by atoms with Gasteiger partial charge in [-0.3, -0.25) is 0 Å². The van der Waals surface area contributed by atoms with Gasteiger partial charge in [0.1, 0.15) is 17.9 Å². The molecule has 1 aromatic carbocycles. The molecular weight excluding hydrogens is 350 g/mol. The maximum atomic E-state index is 6.14. The van der Waals surface area contributed by atoms with Crippen LogP contribution in [0.15, 0.2) is 35.5 Å². The Morgan fingerprint density at radius 3 is 2.64 bits per heavy atom. The quantitative estimate of drug-likeness (QED) is 0.357. The number of nitrogens with zero attached hydrogens (tertiary/aromatic N) is 4. The first-order valence-corrected chi connectivity index (χ1v) is 9.86. The first kappa shape index (κ1) is 19.9. The molecular formula is C22H29N5O. The molecule has 0 amide bonds. The molecule has 148 valence electrons. The van der Waals surface area contributed by atoms with Gasteiger partial charge in [0.2, 0.25) is 0 Å². The van der Waals surface area contributed by atoms with Crippen LogP contribution in [0.25, 0.3) is 11.0 Å². The summed E-state index contributed by atoms with van der Waals surface area (Å²) in [7, 11) is 0. The van der Waals surface area contributed by atoms with Crippen molar-refractivity contribution in [3.8, 4) is 0 Å². The summed E-state index contributed by atoms with van der Waals surface area (Å²) in [4.78, 5) is 14.8. The third-order valence-corrected chi connectivity index (χ3v) is 4.96. The van der Waals surface area contributed by atoms with Gasteiger partial charge in [0.05, 0.1) is 11.2 Å². The van der Waals surface area contributed by atoms with Gasteiger partial charge in [0.15, 0.2) is 5.82 Å². The van der Waals surface area contributed by atoms with E-state index in [1.807, 2.05) is 44.2 Å². The molecule has 3 aromatic rings. The maximum Gasteiger partial charge on any atom is 0.151 e. The van der Waals surface area contributed by atoms with Crippen molar-refractivity contribution in [2.45, 2.75) is 53.5 Å². The monoisotopic (exact) mass is 379 g/mol. The van der Waals surface area contributed by atoms with E-state index in [1.54, 1.807) is 0 Å². The number of rotatable bonds is 8. The lowest BCUT2D eigenvalue weighted by atomic mass is 10.1. The number of hydrogen-bond acceptors (Lipinski definition) is 5. The van der Waals surface area contributed by atoms with Crippen molar-refractivity contribution in [2.24, 2.45) is 5.16 Å². The largest absolute Gasteiger partial charge is 0.396 e. The highest BCUT2D eigenvalue weighted by Crippen LogP contribution is 2.26. The molecule has 28 heavy (non-hydrogen) atoms. The van der Waals surface area contributed by atoms with Gasteiger partial charge in [-0.05, 0) is 38.3 Å². The Labute approximate surface area is 166 Å². The molecule has 0 saturated carbocycles. The van der Waals surface area contributed by atoms with Crippen molar-refractivity contribution in [1.29, 1.82) is 0 Å². The van der Waals surface area contributed by atoms with Gasteiger partial charge < -0.3 is 15.1 Å². The van der Waals surface area contributed by atoms with E-state index in [-0.39, 0.29) is 0 Å². The number of pyridine rings is 1. The van der Waals surface area contributed by atoms with Gasteiger partial charge in [0.25, 0.3) is 0 Å². The van der Waals surface area contributed by atoms with Crippen molar-refractivity contribution < 1.29 is 4.84 Å². The second-order valence-electron chi connectivity index (χ2n) is 7.06. The molecule has 2 N–H and O–H groups in total. The van der Waals surface area contributed by atoms with Crippen LogP contribution in [-0.4, -0.2) is 26.9 Å². The van der Waals surface area contributed by atoms with Crippen LogP contribution in [-0.2, 0) is 17.8 Å². The normalized spacial score (nSPS) is 11.9. The number of benzene rings is 1. The van der Waals surface area contributed by atoms with E-state index in [0.29, 0.717) is 12.4 Å². The minimum absolute atomic E-state index is 0.508. The Morgan fingerprint density at radius 2 is 1.93 bits per heavy atom. The van der Waals surface area contributed by atoms with Crippen LogP contribution in [0, 0.1) is 13.8 Å². The summed E-state index contributed by atoms with van der Waals surface area (Å²) in [6, 6.07) is 10.0. The number of oxime groups is 1. The highest BCUT2D eigenvalue weighted by Gasteiger charge is 2.17. The average Bonchev–Trinajstić information content (AvgIpc) is 3.06. The van der Waals surface area contributed by atoms with Gasteiger partial charge in [-0.2, -0.15) is 0 Å². The Balaban J connectivity index is 1.72. The highest BCUT2D eigenvalue weighted by atomic mass is 16.6. The van der Waals surface area contributed by atoms with Gasteiger partial charge >= 0.3 is 0 Å². The zero-order valence-corrected chi connectivity index (χ0v) is 17.2. The topological polar surface area (TPSA) is 78.3 Å². The van der Waals surface area contributed by atoms with Crippen LogP contribution < -0.4 is 5.73 Å². The first-order valence-electron chi connectivity index (χ1n) is 9.86. The highest BCUT2D eigenvalue weighted by molar-refractivity contribution is 5.98. The number of hydrogen-bond donors (Lipinski definition) is 1. The lowest BCUT2D eigenvalue weighted by Gasteiger charge is -2.11. The number of anilines is 1. The van der Waals surface area contributed by atoms with E-state index in [9.17, 15) is 0 Å². The number of aryl methyl sites for hydroxylation is 4. The third kappa shape index (κ3) is 4.16. The summed E-state index contributed by atoms with van der Waals surface area (Å²) in [6.07, 6.45) is 2.79. The fourth-order valence-corrected chi connectivity index (χ4v) is 3.36. The second kappa shape index (κ2) is 8.87. The molecule has 0 atom stereocenters. The number of aromatic nitrogens is 3. The number of imidazole rings is 1. The van der Waals surface area contributed by atoms with Crippen LogP contribution in [0.3, 0.4) is 0 Å².